The van der Waals surface area contributed by atoms with Crippen molar-refractivity contribution in [2.75, 3.05) is 20.3 Å². The number of hydrogen-bond donors (Lipinski definition) is 1. The number of aryl methyl sites for hydroxylation is 1. The van der Waals surface area contributed by atoms with Gasteiger partial charge >= 0.3 is 0 Å². The van der Waals surface area contributed by atoms with E-state index in [9.17, 15) is 0 Å². The van der Waals surface area contributed by atoms with Crippen LogP contribution in [-0.4, -0.2) is 35.0 Å². The van der Waals surface area contributed by atoms with Crippen LogP contribution >= 0.6 is 11.3 Å². The second kappa shape index (κ2) is 6.79. The van der Waals surface area contributed by atoms with E-state index in [0.29, 0.717) is 0 Å². The first-order chi connectivity index (χ1) is 9.22. The molecule has 1 N–H and O–H groups in total. The van der Waals surface area contributed by atoms with Gasteiger partial charge < -0.3 is 10.1 Å². The molecule has 19 heavy (non-hydrogen) atoms. The molecular weight excluding hydrogens is 260 g/mol. The van der Waals surface area contributed by atoms with Crippen molar-refractivity contribution in [3.05, 3.63) is 33.5 Å². The zero-order valence-electron chi connectivity index (χ0n) is 11.6. The van der Waals surface area contributed by atoms with Crippen LogP contribution in [0.15, 0.2) is 11.6 Å². The number of nitrogens with one attached hydrogen (secondary N) is 1. The van der Waals surface area contributed by atoms with E-state index in [4.69, 9.17) is 4.74 Å². The highest BCUT2D eigenvalue weighted by Crippen LogP contribution is 2.15. The number of thiazole rings is 1. The van der Waals surface area contributed by atoms with Crippen LogP contribution in [0.4, 0.5) is 0 Å². The number of methoxy groups -OCH3 is 1. The first kappa shape index (κ1) is 14.2. The van der Waals surface area contributed by atoms with Gasteiger partial charge in [-0.1, -0.05) is 0 Å². The van der Waals surface area contributed by atoms with Crippen molar-refractivity contribution in [3.63, 3.8) is 0 Å². The average Bonchev–Trinajstić information content (AvgIpc) is 2.98. The molecule has 0 spiro atoms. The molecule has 0 saturated heterocycles. The Kier molecular flexibility index (Phi) is 5.07. The number of aromatic nitrogens is 3. The van der Waals surface area contributed by atoms with E-state index in [0.717, 1.165) is 36.9 Å². The van der Waals surface area contributed by atoms with Gasteiger partial charge in [-0.05, 0) is 13.8 Å². The maximum absolute atomic E-state index is 5.03. The van der Waals surface area contributed by atoms with E-state index in [2.05, 4.69) is 29.2 Å². The van der Waals surface area contributed by atoms with Gasteiger partial charge in [-0.2, -0.15) is 5.10 Å². The second-order valence-corrected chi connectivity index (χ2v) is 5.38. The predicted molar refractivity (Wildman–Crippen MR) is 76.5 cm³/mol. The number of nitrogens with zero attached hydrogens (tertiary/aromatic N) is 3. The summed E-state index contributed by atoms with van der Waals surface area (Å²) >= 11 is 1.66. The fourth-order valence-corrected chi connectivity index (χ4v) is 2.59. The van der Waals surface area contributed by atoms with E-state index < -0.39 is 0 Å². The fraction of sp³-hybridized carbons (Fsp3) is 0.538. The van der Waals surface area contributed by atoms with Crippen molar-refractivity contribution in [1.29, 1.82) is 0 Å². The van der Waals surface area contributed by atoms with Crippen LogP contribution in [0.5, 0.6) is 0 Å². The minimum Gasteiger partial charge on any atom is -0.383 e. The molecule has 0 radical (unpaired) electrons. The maximum Gasteiger partial charge on any atom is 0.114 e. The van der Waals surface area contributed by atoms with Gasteiger partial charge in [0.25, 0.3) is 0 Å². The predicted octanol–water partition coefficient (Wildman–Crippen LogP) is 1.74. The lowest BCUT2D eigenvalue weighted by Gasteiger charge is -2.05. The lowest BCUT2D eigenvalue weighted by atomic mass is 10.2. The molecule has 0 aromatic carbocycles. The molecule has 6 heteroatoms. The van der Waals surface area contributed by atoms with E-state index in [1.165, 1.54) is 11.3 Å². The van der Waals surface area contributed by atoms with Crippen molar-refractivity contribution in [1.82, 2.24) is 20.1 Å². The van der Waals surface area contributed by atoms with Crippen LogP contribution < -0.4 is 5.32 Å². The van der Waals surface area contributed by atoms with Gasteiger partial charge in [-0.25, -0.2) is 4.98 Å². The molecular formula is C13H20N4OS. The molecule has 2 aromatic heterocycles. The summed E-state index contributed by atoms with van der Waals surface area (Å²) in [7, 11) is 1.71. The summed E-state index contributed by atoms with van der Waals surface area (Å²) in [5, 5.41) is 11.0. The first-order valence-electron chi connectivity index (χ1n) is 6.33. The minimum atomic E-state index is 0.728. The van der Waals surface area contributed by atoms with Crippen molar-refractivity contribution >= 4 is 11.3 Å². The molecule has 0 saturated carbocycles. The van der Waals surface area contributed by atoms with Crippen molar-refractivity contribution < 1.29 is 4.74 Å². The molecule has 0 fully saturated rings. The summed E-state index contributed by atoms with van der Waals surface area (Å²) in [6, 6.07) is 0. The normalized spacial score (nSPS) is 11.1. The van der Waals surface area contributed by atoms with Gasteiger partial charge in [0.15, 0.2) is 0 Å². The standard InChI is InChI=1S/C13H20N4OS/c1-10-12(8-14-4-6-18-3)11(2)17(16-10)9-13-15-5-7-19-13/h5,7,14H,4,6,8-9H2,1-3H3. The third kappa shape index (κ3) is 3.62. The zero-order chi connectivity index (χ0) is 13.7. The summed E-state index contributed by atoms with van der Waals surface area (Å²) in [6.45, 7) is 7.33. The fourth-order valence-electron chi connectivity index (χ4n) is 1.99. The lowest BCUT2D eigenvalue weighted by Crippen LogP contribution is -2.19. The second-order valence-electron chi connectivity index (χ2n) is 4.40. The topological polar surface area (TPSA) is 52.0 Å². The van der Waals surface area contributed by atoms with E-state index in [1.807, 2.05) is 16.3 Å². The molecule has 0 aliphatic carbocycles. The molecule has 104 valence electrons. The third-order valence-electron chi connectivity index (χ3n) is 3.08. The SMILES string of the molecule is COCCNCc1c(C)nn(Cc2nccs2)c1C. The Bertz CT molecular complexity index is 507. The molecule has 0 atom stereocenters. The average molecular weight is 280 g/mol. The number of hydrogen-bond acceptors (Lipinski definition) is 5. The number of rotatable bonds is 7. The van der Waals surface area contributed by atoms with Crippen LogP contribution in [0.2, 0.25) is 0 Å². The van der Waals surface area contributed by atoms with Gasteiger partial charge in [0, 0.05) is 43.0 Å². The Hall–Kier alpha value is -1.24. The maximum atomic E-state index is 5.03. The number of ether oxygens (including phenoxy) is 1. The van der Waals surface area contributed by atoms with Gasteiger partial charge in [0.2, 0.25) is 0 Å². The smallest absolute Gasteiger partial charge is 0.114 e. The molecule has 0 unspecified atom stereocenters. The van der Waals surface area contributed by atoms with E-state index in [-0.39, 0.29) is 0 Å². The minimum absolute atomic E-state index is 0.728. The summed E-state index contributed by atoms with van der Waals surface area (Å²) < 4.78 is 7.05. The first-order valence-corrected chi connectivity index (χ1v) is 7.21. The summed E-state index contributed by atoms with van der Waals surface area (Å²) in [4.78, 5) is 4.30. The molecule has 2 rings (SSSR count). The van der Waals surface area contributed by atoms with Gasteiger partial charge in [-0.15, -0.1) is 11.3 Å². The highest BCUT2D eigenvalue weighted by atomic mass is 32.1. The van der Waals surface area contributed by atoms with Crippen LogP contribution in [-0.2, 0) is 17.8 Å². The molecule has 5 nitrogen and oxygen atoms in total. The van der Waals surface area contributed by atoms with Gasteiger partial charge in [-0.3, -0.25) is 4.68 Å². The quantitative estimate of drug-likeness (QED) is 0.785. The van der Waals surface area contributed by atoms with Crippen LogP contribution in [0, 0.1) is 13.8 Å². The van der Waals surface area contributed by atoms with Gasteiger partial charge in [0.05, 0.1) is 18.8 Å². The lowest BCUT2D eigenvalue weighted by molar-refractivity contribution is 0.199. The summed E-state index contributed by atoms with van der Waals surface area (Å²) in [5.74, 6) is 0. The zero-order valence-corrected chi connectivity index (χ0v) is 12.5. The Morgan fingerprint density at radius 3 is 2.95 bits per heavy atom. The molecule has 0 aliphatic heterocycles. The third-order valence-corrected chi connectivity index (χ3v) is 3.85. The molecule has 0 amide bonds. The van der Waals surface area contributed by atoms with Crippen LogP contribution in [0.3, 0.4) is 0 Å². The Morgan fingerprint density at radius 2 is 2.26 bits per heavy atom. The Labute approximate surface area is 117 Å². The Balaban J connectivity index is 2.02. The summed E-state index contributed by atoms with van der Waals surface area (Å²) in [5.41, 5.74) is 3.56. The molecule has 2 heterocycles. The Morgan fingerprint density at radius 1 is 1.42 bits per heavy atom. The monoisotopic (exact) mass is 280 g/mol. The van der Waals surface area contributed by atoms with Crippen molar-refractivity contribution in [2.24, 2.45) is 0 Å². The van der Waals surface area contributed by atoms with Crippen LogP contribution in [0.25, 0.3) is 0 Å². The largest absolute Gasteiger partial charge is 0.383 e. The highest BCUT2D eigenvalue weighted by Gasteiger charge is 2.11. The molecule has 2 aromatic rings. The molecule has 0 aliphatic rings. The van der Waals surface area contributed by atoms with E-state index in [1.54, 1.807) is 18.4 Å². The highest BCUT2D eigenvalue weighted by molar-refractivity contribution is 7.09. The van der Waals surface area contributed by atoms with Crippen LogP contribution in [0.1, 0.15) is 22.0 Å². The van der Waals surface area contributed by atoms with Crippen molar-refractivity contribution in [2.45, 2.75) is 26.9 Å². The van der Waals surface area contributed by atoms with E-state index >= 15 is 0 Å². The summed E-state index contributed by atoms with van der Waals surface area (Å²) in [6.07, 6.45) is 1.83. The van der Waals surface area contributed by atoms with Gasteiger partial charge in [0.1, 0.15) is 5.01 Å². The molecule has 0 bridgehead atoms. The van der Waals surface area contributed by atoms with Crippen molar-refractivity contribution in [3.8, 4) is 0 Å².